The lowest BCUT2D eigenvalue weighted by atomic mass is 9.81. The molecule has 1 N–H and O–H groups in total. The van der Waals surface area contributed by atoms with E-state index in [1.165, 1.54) is 18.2 Å². The lowest BCUT2D eigenvalue weighted by Gasteiger charge is -2.19. The van der Waals surface area contributed by atoms with Crippen molar-refractivity contribution >= 4 is 29.1 Å². The van der Waals surface area contributed by atoms with E-state index in [1.54, 1.807) is 0 Å². The quantitative estimate of drug-likeness (QED) is 0.809. The molecule has 2 bridgehead atoms. The van der Waals surface area contributed by atoms with Gasteiger partial charge in [0.25, 0.3) is 0 Å². The Hall–Kier alpha value is -1.55. The van der Waals surface area contributed by atoms with Crippen molar-refractivity contribution < 1.29 is 14.7 Å². The normalized spacial score (nSPS) is 35.0. The maximum absolute atomic E-state index is 12.6. The van der Waals surface area contributed by atoms with Crippen molar-refractivity contribution in [2.24, 2.45) is 23.7 Å². The molecule has 1 aliphatic heterocycles. The molecule has 20 heavy (non-hydrogen) atoms. The van der Waals surface area contributed by atoms with Crippen LogP contribution < -0.4 is 4.90 Å². The summed E-state index contributed by atoms with van der Waals surface area (Å²) in [7, 11) is 0. The summed E-state index contributed by atoms with van der Waals surface area (Å²) in [5, 5.41) is 10.3. The first-order chi connectivity index (χ1) is 9.58. The van der Waals surface area contributed by atoms with Gasteiger partial charge in [0, 0.05) is 5.02 Å². The van der Waals surface area contributed by atoms with Crippen molar-refractivity contribution in [2.75, 3.05) is 4.90 Å². The van der Waals surface area contributed by atoms with Crippen LogP contribution in [0.1, 0.15) is 19.3 Å². The number of hydrogen-bond donors (Lipinski definition) is 1. The molecule has 0 aromatic heterocycles. The third kappa shape index (κ3) is 1.43. The number of nitrogens with zero attached hydrogens (tertiary/aromatic N) is 1. The monoisotopic (exact) mass is 291 g/mol. The molecular weight excluding hydrogens is 278 g/mol. The van der Waals surface area contributed by atoms with Crippen molar-refractivity contribution in [3.8, 4) is 5.75 Å². The minimum absolute atomic E-state index is 0.0802. The molecule has 3 fully saturated rings. The Labute approximate surface area is 121 Å². The minimum atomic E-state index is -0.181. The summed E-state index contributed by atoms with van der Waals surface area (Å²) < 4.78 is 0. The first kappa shape index (κ1) is 12.2. The second-order valence-electron chi connectivity index (χ2n) is 6.03. The third-order valence-electron chi connectivity index (χ3n) is 5.11. The molecule has 2 aliphatic carbocycles. The molecule has 2 saturated carbocycles. The number of halogens is 1. The van der Waals surface area contributed by atoms with E-state index in [0.717, 1.165) is 24.2 Å². The van der Waals surface area contributed by atoms with E-state index in [1.807, 2.05) is 0 Å². The molecule has 1 saturated heterocycles. The lowest BCUT2D eigenvalue weighted by Crippen LogP contribution is -2.32. The van der Waals surface area contributed by atoms with Gasteiger partial charge in [-0.1, -0.05) is 11.6 Å². The number of fused-ring (bicyclic) bond motifs is 5. The summed E-state index contributed by atoms with van der Waals surface area (Å²) in [6.45, 7) is 0. The summed E-state index contributed by atoms with van der Waals surface area (Å²) in [6, 6.07) is 4.44. The Bertz CT molecular complexity index is 602. The standard InChI is InChI=1S/C15H14ClNO3/c16-9-3-4-11(18)10(6-9)17-14(19)12-7-1-2-8(5-7)13(12)15(17)20/h3-4,6-8,12-13,18H,1-2,5H2/t7-,8-,12-,13-/m0/s1. The Morgan fingerprint density at radius 1 is 1.10 bits per heavy atom. The van der Waals surface area contributed by atoms with E-state index in [4.69, 9.17) is 11.6 Å². The molecule has 4 atom stereocenters. The molecule has 3 aliphatic rings. The van der Waals surface area contributed by atoms with E-state index < -0.39 is 0 Å². The Kier molecular flexibility index (Phi) is 2.43. The smallest absolute Gasteiger partial charge is 0.238 e. The predicted molar refractivity (Wildman–Crippen MR) is 73.4 cm³/mol. The van der Waals surface area contributed by atoms with Crippen molar-refractivity contribution in [3.05, 3.63) is 23.2 Å². The SMILES string of the molecule is O=C1[C@H]2[C@H]3CC[C@@H](C3)[C@@H]2C(=O)N1c1cc(Cl)ccc1O. The topological polar surface area (TPSA) is 57.6 Å². The second kappa shape index (κ2) is 3.98. The van der Waals surface area contributed by atoms with Crippen molar-refractivity contribution in [2.45, 2.75) is 19.3 Å². The van der Waals surface area contributed by atoms with Crippen LogP contribution in [0.2, 0.25) is 5.02 Å². The van der Waals surface area contributed by atoms with Crippen LogP contribution in [0.5, 0.6) is 5.75 Å². The summed E-state index contributed by atoms with van der Waals surface area (Å²) in [6.07, 6.45) is 3.09. The second-order valence-corrected chi connectivity index (χ2v) is 6.47. The number of phenols is 1. The number of benzene rings is 1. The number of imide groups is 1. The number of carbonyl (C=O) groups excluding carboxylic acids is 2. The molecule has 1 aromatic carbocycles. The van der Waals surface area contributed by atoms with Gasteiger partial charge in [0.05, 0.1) is 17.5 Å². The first-order valence-corrected chi connectivity index (χ1v) is 7.32. The van der Waals surface area contributed by atoms with Gasteiger partial charge in [-0.3, -0.25) is 9.59 Å². The van der Waals surface area contributed by atoms with Gasteiger partial charge < -0.3 is 5.11 Å². The fraction of sp³-hybridized carbons (Fsp3) is 0.467. The highest BCUT2D eigenvalue weighted by atomic mass is 35.5. The highest BCUT2D eigenvalue weighted by Gasteiger charge is 2.61. The van der Waals surface area contributed by atoms with Gasteiger partial charge in [-0.2, -0.15) is 0 Å². The van der Waals surface area contributed by atoms with Gasteiger partial charge in [-0.05, 0) is 49.3 Å². The van der Waals surface area contributed by atoms with Crippen LogP contribution >= 0.6 is 11.6 Å². The number of phenolic OH excluding ortho intramolecular Hbond substituents is 1. The largest absolute Gasteiger partial charge is 0.506 e. The molecule has 4 rings (SSSR count). The number of aromatic hydroxyl groups is 1. The lowest BCUT2D eigenvalue weighted by molar-refractivity contribution is -0.123. The summed E-state index contributed by atoms with van der Waals surface area (Å²) in [4.78, 5) is 26.4. The van der Waals surface area contributed by atoms with E-state index in [2.05, 4.69) is 0 Å². The van der Waals surface area contributed by atoms with Gasteiger partial charge in [-0.15, -0.1) is 0 Å². The molecule has 5 heteroatoms. The molecule has 0 unspecified atom stereocenters. The maximum atomic E-state index is 12.6. The Morgan fingerprint density at radius 2 is 1.70 bits per heavy atom. The van der Waals surface area contributed by atoms with Crippen LogP contribution in [-0.2, 0) is 9.59 Å². The van der Waals surface area contributed by atoms with Gasteiger partial charge in [0.2, 0.25) is 11.8 Å². The number of hydrogen-bond acceptors (Lipinski definition) is 3. The van der Waals surface area contributed by atoms with Crippen molar-refractivity contribution in [1.29, 1.82) is 0 Å². The summed E-state index contributed by atoms with van der Waals surface area (Å²) >= 11 is 5.92. The average molecular weight is 292 g/mol. The van der Waals surface area contributed by atoms with E-state index in [9.17, 15) is 14.7 Å². The molecular formula is C15H14ClNO3. The molecule has 2 amide bonds. The van der Waals surface area contributed by atoms with Crippen molar-refractivity contribution in [3.63, 3.8) is 0 Å². The highest BCUT2D eigenvalue weighted by molar-refractivity contribution is 6.31. The van der Waals surface area contributed by atoms with Crippen molar-refractivity contribution in [1.82, 2.24) is 0 Å². The zero-order valence-electron chi connectivity index (χ0n) is 10.8. The minimum Gasteiger partial charge on any atom is -0.506 e. The molecule has 1 aromatic rings. The van der Waals surface area contributed by atoms with Crippen LogP contribution in [0.3, 0.4) is 0 Å². The van der Waals surface area contributed by atoms with Gasteiger partial charge >= 0.3 is 0 Å². The first-order valence-electron chi connectivity index (χ1n) is 6.94. The maximum Gasteiger partial charge on any atom is 0.238 e. The fourth-order valence-electron chi connectivity index (χ4n) is 4.32. The summed E-state index contributed by atoms with van der Waals surface area (Å²) in [5.74, 6) is -0.0854. The van der Waals surface area contributed by atoms with Crippen LogP contribution in [0.15, 0.2) is 18.2 Å². The van der Waals surface area contributed by atoms with Crippen LogP contribution in [0.4, 0.5) is 5.69 Å². The molecule has 0 spiro atoms. The highest BCUT2D eigenvalue weighted by Crippen LogP contribution is 2.57. The van der Waals surface area contributed by atoms with Gasteiger partial charge in [-0.25, -0.2) is 4.90 Å². The average Bonchev–Trinajstić information content (AvgIpc) is 3.08. The van der Waals surface area contributed by atoms with Crippen LogP contribution in [-0.4, -0.2) is 16.9 Å². The number of carbonyl (C=O) groups is 2. The predicted octanol–water partition coefficient (Wildman–Crippen LogP) is 2.58. The zero-order chi connectivity index (χ0) is 14.0. The van der Waals surface area contributed by atoms with Crippen LogP contribution in [0, 0.1) is 23.7 Å². The molecule has 0 radical (unpaired) electrons. The fourth-order valence-corrected chi connectivity index (χ4v) is 4.49. The van der Waals surface area contributed by atoms with Gasteiger partial charge in [0.1, 0.15) is 5.75 Å². The molecule has 1 heterocycles. The molecule has 4 nitrogen and oxygen atoms in total. The number of rotatable bonds is 1. The number of anilines is 1. The van der Waals surface area contributed by atoms with Gasteiger partial charge in [0.15, 0.2) is 0 Å². The Balaban J connectivity index is 1.79. The van der Waals surface area contributed by atoms with E-state index in [0.29, 0.717) is 16.9 Å². The molecule has 104 valence electrons. The van der Waals surface area contributed by atoms with E-state index >= 15 is 0 Å². The van der Waals surface area contributed by atoms with E-state index in [-0.39, 0.29) is 35.1 Å². The Morgan fingerprint density at radius 3 is 2.30 bits per heavy atom. The van der Waals surface area contributed by atoms with Crippen LogP contribution in [0.25, 0.3) is 0 Å². The summed E-state index contributed by atoms with van der Waals surface area (Å²) in [5.41, 5.74) is 0.223. The third-order valence-corrected chi connectivity index (χ3v) is 5.34. The zero-order valence-corrected chi connectivity index (χ0v) is 11.5. The number of amides is 2.